The Kier molecular flexibility index (Phi) is 8.39. The lowest BCUT2D eigenvalue weighted by Crippen LogP contribution is -2.39. The van der Waals surface area contributed by atoms with Gasteiger partial charge in [-0.2, -0.15) is 0 Å². The van der Waals surface area contributed by atoms with Crippen LogP contribution in [0.4, 0.5) is 0 Å². The van der Waals surface area contributed by atoms with Gasteiger partial charge in [-0.3, -0.25) is 9.36 Å². The van der Waals surface area contributed by atoms with Gasteiger partial charge in [-0.25, -0.2) is 14.6 Å². The van der Waals surface area contributed by atoms with Crippen LogP contribution >= 0.6 is 11.3 Å². The molecule has 11 heteroatoms. The summed E-state index contributed by atoms with van der Waals surface area (Å²) in [6, 6.07) is 14.5. The number of ether oxygens (including phenoxy) is 4. The second-order valence-electron chi connectivity index (χ2n) is 9.08. The van der Waals surface area contributed by atoms with Crippen LogP contribution in [0.5, 0.6) is 17.2 Å². The quantitative estimate of drug-likeness (QED) is 0.213. The SMILES string of the molecule is CCOC(=O)C1=C(C)N=c2sc(=Cc3ccc(OC(=O)c4ccco4)c(OCC)c3)c(=O)n2[C@@H]1c1ccc(OC)cc1. The van der Waals surface area contributed by atoms with Crippen molar-refractivity contribution in [3.63, 3.8) is 0 Å². The minimum atomic E-state index is -0.740. The van der Waals surface area contributed by atoms with E-state index in [9.17, 15) is 14.4 Å². The highest BCUT2D eigenvalue weighted by Crippen LogP contribution is 2.32. The van der Waals surface area contributed by atoms with E-state index in [2.05, 4.69) is 4.99 Å². The highest BCUT2D eigenvalue weighted by Gasteiger charge is 2.33. The summed E-state index contributed by atoms with van der Waals surface area (Å²) < 4.78 is 28.9. The van der Waals surface area contributed by atoms with Crippen molar-refractivity contribution in [1.82, 2.24) is 4.57 Å². The standard InChI is InChI=1S/C31H28N2O8S/c1-5-38-24-16-19(9-14-22(24)41-29(35)23-8-7-15-40-23)17-25-28(34)33-27(20-10-12-21(37-4)13-11-20)26(30(36)39-6-2)18(3)32-31(33)42-25/h7-17,27H,5-6H2,1-4H3/t27-/m1/s1. The maximum Gasteiger partial charge on any atom is 0.379 e. The number of rotatable bonds is 9. The highest BCUT2D eigenvalue weighted by molar-refractivity contribution is 7.07. The van der Waals surface area contributed by atoms with Crippen molar-refractivity contribution >= 4 is 29.4 Å². The number of benzene rings is 2. The lowest BCUT2D eigenvalue weighted by molar-refractivity contribution is -0.139. The van der Waals surface area contributed by atoms with E-state index in [-0.39, 0.29) is 23.7 Å². The number of nitrogens with zero attached hydrogens (tertiary/aromatic N) is 2. The molecule has 5 rings (SSSR count). The Hall–Kier alpha value is -4.90. The van der Waals surface area contributed by atoms with E-state index >= 15 is 0 Å². The largest absolute Gasteiger partial charge is 0.497 e. The summed E-state index contributed by atoms with van der Waals surface area (Å²) in [4.78, 5) is 44.4. The molecule has 0 radical (unpaired) electrons. The zero-order chi connectivity index (χ0) is 29.8. The Morgan fingerprint density at radius 1 is 1.05 bits per heavy atom. The fourth-order valence-electron chi connectivity index (χ4n) is 4.56. The number of thiazole rings is 1. The molecule has 3 heterocycles. The van der Waals surface area contributed by atoms with E-state index in [1.54, 1.807) is 63.4 Å². The number of fused-ring (bicyclic) bond motifs is 1. The first-order valence-corrected chi connectivity index (χ1v) is 14.0. The number of methoxy groups -OCH3 is 1. The molecule has 0 spiro atoms. The third-order valence-corrected chi connectivity index (χ3v) is 7.42. The lowest BCUT2D eigenvalue weighted by Gasteiger charge is -2.24. The maximum atomic E-state index is 13.9. The predicted molar refractivity (Wildman–Crippen MR) is 155 cm³/mol. The molecule has 216 valence electrons. The van der Waals surface area contributed by atoms with Gasteiger partial charge in [-0.1, -0.05) is 29.5 Å². The molecule has 0 saturated heterocycles. The molecule has 42 heavy (non-hydrogen) atoms. The molecule has 0 saturated carbocycles. The van der Waals surface area contributed by atoms with E-state index in [4.69, 9.17) is 23.4 Å². The first kappa shape index (κ1) is 28.6. The van der Waals surface area contributed by atoms with Gasteiger partial charge in [-0.05, 0) is 74.4 Å². The number of hydrogen-bond acceptors (Lipinski definition) is 10. The number of esters is 2. The van der Waals surface area contributed by atoms with E-state index < -0.39 is 18.0 Å². The monoisotopic (exact) mass is 588 g/mol. The number of carbonyl (C=O) groups is 2. The molecular weight excluding hydrogens is 560 g/mol. The van der Waals surface area contributed by atoms with Crippen LogP contribution < -0.4 is 29.1 Å². The molecule has 4 aromatic rings. The average Bonchev–Trinajstić information content (AvgIpc) is 3.63. The molecule has 1 atom stereocenters. The second kappa shape index (κ2) is 12.3. The zero-order valence-electron chi connectivity index (χ0n) is 23.4. The van der Waals surface area contributed by atoms with Gasteiger partial charge in [0.2, 0.25) is 5.76 Å². The van der Waals surface area contributed by atoms with Crippen LogP contribution in [0.15, 0.2) is 86.3 Å². The van der Waals surface area contributed by atoms with Crippen molar-refractivity contribution in [2.75, 3.05) is 20.3 Å². The van der Waals surface area contributed by atoms with Gasteiger partial charge in [0.1, 0.15) is 5.75 Å². The van der Waals surface area contributed by atoms with Crippen LogP contribution in [-0.4, -0.2) is 36.8 Å². The molecule has 0 N–H and O–H groups in total. The van der Waals surface area contributed by atoms with Crippen molar-refractivity contribution in [2.24, 2.45) is 4.99 Å². The van der Waals surface area contributed by atoms with Gasteiger partial charge >= 0.3 is 11.9 Å². The number of carbonyl (C=O) groups excluding carboxylic acids is 2. The molecule has 0 amide bonds. The molecule has 1 aliphatic rings. The van der Waals surface area contributed by atoms with Gasteiger partial charge in [0.05, 0.1) is 48.4 Å². The maximum absolute atomic E-state index is 13.9. The highest BCUT2D eigenvalue weighted by atomic mass is 32.1. The second-order valence-corrected chi connectivity index (χ2v) is 10.1. The number of hydrogen-bond donors (Lipinski definition) is 0. The average molecular weight is 589 g/mol. The van der Waals surface area contributed by atoms with Gasteiger partial charge in [0, 0.05) is 0 Å². The first-order chi connectivity index (χ1) is 20.3. The van der Waals surface area contributed by atoms with E-state index in [1.807, 2.05) is 19.1 Å². The number of aromatic nitrogens is 1. The van der Waals surface area contributed by atoms with Gasteiger partial charge in [0.25, 0.3) is 5.56 Å². The summed E-state index contributed by atoms with van der Waals surface area (Å²) in [7, 11) is 1.57. The Morgan fingerprint density at radius 2 is 1.83 bits per heavy atom. The van der Waals surface area contributed by atoms with E-state index in [0.717, 1.165) is 0 Å². The summed E-state index contributed by atoms with van der Waals surface area (Å²) in [5, 5.41) is 0. The normalized spacial score (nSPS) is 14.7. The summed E-state index contributed by atoms with van der Waals surface area (Å²) in [6.45, 7) is 5.78. The number of furan rings is 1. The smallest absolute Gasteiger partial charge is 0.379 e. The van der Waals surface area contributed by atoms with Crippen molar-refractivity contribution in [1.29, 1.82) is 0 Å². The van der Waals surface area contributed by atoms with E-state index in [1.165, 1.54) is 28.2 Å². The molecule has 2 aromatic heterocycles. The van der Waals surface area contributed by atoms with Crippen LogP contribution in [0.2, 0.25) is 0 Å². The van der Waals surface area contributed by atoms with Crippen LogP contribution in [0.25, 0.3) is 6.08 Å². The molecular formula is C31H28N2O8S. The van der Waals surface area contributed by atoms with E-state index in [0.29, 0.717) is 49.8 Å². The zero-order valence-corrected chi connectivity index (χ0v) is 24.2. The van der Waals surface area contributed by atoms with Crippen LogP contribution in [0, 0.1) is 0 Å². The molecule has 2 aromatic carbocycles. The fraction of sp³-hybridized carbons (Fsp3) is 0.226. The van der Waals surface area contributed by atoms with Gasteiger partial charge in [0.15, 0.2) is 16.3 Å². The molecule has 0 bridgehead atoms. The minimum Gasteiger partial charge on any atom is -0.497 e. The third-order valence-electron chi connectivity index (χ3n) is 6.44. The van der Waals surface area contributed by atoms with Crippen molar-refractivity contribution in [3.8, 4) is 17.2 Å². The van der Waals surface area contributed by atoms with Crippen molar-refractivity contribution in [3.05, 3.63) is 109 Å². The molecule has 0 fully saturated rings. The van der Waals surface area contributed by atoms with Gasteiger partial charge in [-0.15, -0.1) is 0 Å². The third kappa shape index (κ3) is 5.64. The summed E-state index contributed by atoms with van der Waals surface area (Å²) in [5.74, 6) is 0.0595. The molecule has 10 nitrogen and oxygen atoms in total. The lowest BCUT2D eigenvalue weighted by atomic mass is 9.96. The molecule has 0 aliphatic carbocycles. The number of allylic oxidation sites excluding steroid dienone is 1. The molecule has 1 aliphatic heterocycles. The predicted octanol–water partition coefficient (Wildman–Crippen LogP) is 4.02. The van der Waals surface area contributed by atoms with Crippen LogP contribution in [-0.2, 0) is 9.53 Å². The summed E-state index contributed by atoms with van der Waals surface area (Å²) >= 11 is 1.20. The Balaban J connectivity index is 1.58. The first-order valence-electron chi connectivity index (χ1n) is 13.2. The van der Waals surface area contributed by atoms with Gasteiger partial charge < -0.3 is 23.4 Å². The summed E-state index contributed by atoms with van der Waals surface area (Å²) in [5.41, 5.74) is 1.80. The Bertz CT molecular complexity index is 1830. The Morgan fingerprint density at radius 3 is 2.50 bits per heavy atom. The summed E-state index contributed by atoms with van der Waals surface area (Å²) in [6.07, 6.45) is 3.09. The van der Waals surface area contributed by atoms with Crippen molar-refractivity contribution in [2.45, 2.75) is 26.8 Å². The van der Waals surface area contributed by atoms with Crippen LogP contribution in [0.1, 0.15) is 48.5 Å². The fourth-order valence-corrected chi connectivity index (χ4v) is 5.60. The van der Waals surface area contributed by atoms with Crippen LogP contribution in [0.3, 0.4) is 0 Å². The molecule has 0 unspecified atom stereocenters. The minimum absolute atomic E-state index is 0.0616. The van der Waals surface area contributed by atoms with Crippen molar-refractivity contribution < 1.29 is 33.0 Å². The topological polar surface area (TPSA) is 119 Å². The Labute approximate surface area is 244 Å².